The molecule has 1 saturated carbocycles. The Hall–Kier alpha value is -1.95. The van der Waals surface area contributed by atoms with Crippen molar-refractivity contribution in [2.45, 2.75) is 19.4 Å². The molecule has 0 saturated heterocycles. The van der Waals surface area contributed by atoms with Crippen LogP contribution in [0.5, 0.6) is 0 Å². The number of hydrogen-bond acceptors (Lipinski definition) is 2. The van der Waals surface area contributed by atoms with Crippen molar-refractivity contribution in [3.05, 3.63) is 35.9 Å². The van der Waals surface area contributed by atoms with E-state index in [1.54, 1.807) is 0 Å². The Morgan fingerprint density at radius 2 is 2.12 bits per heavy atom. The minimum absolute atomic E-state index is 0.105. The zero-order chi connectivity index (χ0) is 12.1. The van der Waals surface area contributed by atoms with Crippen molar-refractivity contribution < 1.29 is 9.53 Å². The maximum Gasteiger partial charge on any atom is 0.407 e. The molecule has 0 aliphatic heterocycles. The number of terminal acetylenes is 1. The number of benzene rings is 1. The van der Waals surface area contributed by atoms with Gasteiger partial charge in [0.25, 0.3) is 0 Å². The summed E-state index contributed by atoms with van der Waals surface area (Å²) in [6.45, 7) is 0.798. The molecule has 0 spiro atoms. The van der Waals surface area contributed by atoms with E-state index in [0.717, 1.165) is 18.4 Å². The highest BCUT2D eigenvalue weighted by Crippen LogP contribution is 2.43. The van der Waals surface area contributed by atoms with Crippen LogP contribution in [0.25, 0.3) is 0 Å². The average molecular weight is 229 g/mol. The molecular weight excluding hydrogens is 214 g/mol. The van der Waals surface area contributed by atoms with Gasteiger partial charge in [0.15, 0.2) is 0 Å². The van der Waals surface area contributed by atoms with Gasteiger partial charge in [0.1, 0.15) is 6.61 Å². The summed E-state index contributed by atoms with van der Waals surface area (Å²) < 4.78 is 5.08. The molecule has 0 bridgehead atoms. The van der Waals surface area contributed by atoms with Gasteiger partial charge in [-0.05, 0) is 18.4 Å². The predicted molar refractivity (Wildman–Crippen MR) is 65.1 cm³/mol. The summed E-state index contributed by atoms with van der Waals surface area (Å²) in [5.41, 5.74) is 0.868. The highest BCUT2D eigenvalue weighted by molar-refractivity contribution is 5.67. The topological polar surface area (TPSA) is 38.3 Å². The number of rotatable bonds is 4. The largest absolute Gasteiger partial charge is 0.445 e. The third-order valence-electron chi connectivity index (χ3n) is 2.94. The summed E-state index contributed by atoms with van der Waals surface area (Å²) in [5.74, 6) is 2.71. The van der Waals surface area contributed by atoms with Crippen molar-refractivity contribution in [1.29, 1.82) is 0 Å². The second-order valence-electron chi connectivity index (χ2n) is 4.34. The van der Waals surface area contributed by atoms with E-state index >= 15 is 0 Å². The first-order chi connectivity index (χ1) is 8.24. The molecule has 1 amide bonds. The fraction of sp³-hybridized carbons (Fsp3) is 0.357. The predicted octanol–water partition coefficient (Wildman–Crippen LogP) is 2.33. The highest BCUT2D eigenvalue weighted by Gasteiger charge is 2.41. The van der Waals surface area contributed by atoms with Crippen molar-refractivity contribution in [2.75, 3.05) is 6.54 Å². The van der Waals surface area contributed by atoms with Crippen LogP contribution in [0.3, 0.4) is 0 Å². The van der Waals surface area contributed by atoms with Crippen LogP contribution >= 0.6 is 0 Å². The Bertz CT molecular complexity index is 429. The van der Waals surface area contributed by atoms with Gasteiger partial charge in [-0.3, -0.25) is 0 Å². The summed E-state index contributed by atoms with van der Waals surface area (Å²) in [4.78, 5) is 11.4. The van der Waals surface area contributed by atoms with Gasteiger partial charge in [0, 0.05) is 12.0 Å². The molecule has 0 atom stereocenters. The van der Waals surface area contributed by atoms with Crippen LogP contribution in [0.15, 0.2) is 30.3 Å². The molecule has 88 valence electrons. The summed E-state index contributed by atoms with van der Waals surface area (Å²) in [6.07, 6.45) is 6.95. The average Bonchev–Trinajstić information content (AvgIpc) is 3.16. The number of alkyl carbamates (subject to hydrolysis) is 1. The molecule has 3 heteroatoms. The van der Waals surface area contributed by atoms with Crippen LogP contribution in [0.2, 0.25) is 0 Å². The molecule has 1 N–H and O–H groups in total. The first-order valence-corrected chi connectivity index (χ1v) is 5.66. The highest BCUT2D eigenvalue weighted by atomic mass is 16.5. The molecule has 2 rings (SSSR count). The Balaban J connectivity index is 1.70. The molecule has 0 heterocycles. The van der Waals surface area contributed by atoms with Crippen LogP contribution in [0.1, 0.15) is 18.4 Å². The lowest BCUT2D eigenvalue weighted by Crippen LogP contribution is -2.30. The molecule has 17 heavy (non-hydrogen) atoms. The van der Waals surface area contributed by atoms with E-state index in [4.69, 9.17) is 11.2 Å². The van der Waals surface area contributed by atoms with Crippen LogP contribution in [-0.4, -0.2) is 12.6 Å². The first-order valence-electron chi connectivity index (χ1n) is 5.66. The molecular formula is C14H15NO2. The Morgan fingerprint density at radius 3 is 2.71 bits per heavy atom. The van der Waals surface area contributed by atoms with E-state index in [9.17, 15) is 4.79 Å². The van der Waals surface area contributed by atoms with Gasteiger partial charge in [-0.15, -0.1) is 6.42 Å². The van der Waals surface area contributed by atoms with Gasteiger partial charge >= 0.3 is 6.09 Å². The van der Waals surface area contributed by atoms with Crippen molar-refractivity contribution in [3.8, 4) is 12.3 Å². The number of carbonyl (C=O) groups excluding carboxylic acids is 1. The number of nitrogens with one attached hydrogen (secondary N) is 1. The van der Waals surface area contributed by atoms with Crippen LogP contribution in [0, 0.1) is 17.8 Å². The molecule has 1 fully saturated rings. The van der Waals surface area contributed by atoms with E-state index in [2.05, 4.69) is 11.2 Å². The van der Waals surface area contributed by atoms with Crippen LogP contribution < -0.4 is 5.32 Å². The lowest BCUT2D eigenvalue weighted by atomic mass is 10.1. The quantitative estimate of drug-likeness (QED) is 0.805. The van der Waals surface area contributed by atoms with Gasteiger partial charge in [-0.1, -0.05) is 36.3 Å². The summed E-state index contributed by atoms with van der Waals surface area (Å²) in [5, 5.41) is 2.70. The molecule has 1 aliphatic rings. The molecule has 0 unspecified atom stereocenters. The Morgan fingerprint density at radius 1 is 1.41 bits per heavy atom. The van der Waals surface area contributed by atoms with Crippen molar-refractivity contribution in [3.63, 3.8) is 0 Å². The van der Waals surface area contributed by atoms with E-state index in [-0.39, 0.29) is 12.0 Å². The fourth-order valence-electron chi connectivity index (χ4n) is 1.54. The van der Waals surface area contributed by atoms with E-state index in [0.29, 0.717) is 6.54 Å². The SMILES string of the molecule is C#CC1(CNC(=O)OCc2ccccc2)CC1. The summed E-state index contributed by atoms with van der Waals surface area (Å²) >= 11 is 0. The zero-order valence-corrected chi connectivity index (χ0v) is 9.61. The lowest BCUT2D eigenvalue weighted by molar-refractivity contribution is 0.138. The van der Waals surface area contributed by atoms with Gasteiger partial charge in [0.2, 0.25) is 0 Å². The number of hydrogen-bond donors (Lipinski definition) is 1. The molecule has 1 aliphatic carbocycles. The van der Waals surface area contributed by atoms with Gasteiger partial charge in [-0.25, -0.2) is 4.79 Å². The molecule has 3 nitrogen and oxygen atoms in total. The van der Waals surface area contributed by atoms with Gasteiger partial charge < -0.3 is 10.1 Å². The molecule has 0 aromatic heterocycles. The van der Waals surface area contributed by atoms with E-state index < -0.39 is 6.09 Å². The van der Waals surface area contributed by atoms with Gasteiger partial charge in [0.05, 0.1) is 0 Å². The standard InChI is InChI=1S/C14H15NO2/c1-2-14(8-9-14)11-15-13(16)17-10-12-6-4-3-5-7-12/h1,3-7H,8-11H2,(H,15,16). The van der Waals surface area contributed by atoms with E-state index in [1.165, 1.54) is 0 Å². The lowest BCUT2D eigenvalue weighted by Gasteiger charge is -2.10. The third kappa shape index (κ3) is 3.25. The zero-order valence-electron chi connectivity index (χ0n) is 9.61. The number of ether oxygens (including phenoxy) is 1. The summed E-state index contributed by atoms with van der Waals surface area (Å²) in [7, 11) is 0. The fourth-order valence-corrected chi connectivity index (χ4v) is 1.54. The van der Waals surface area contributed by atoms with Crippen molar-refractivity contribution in [2.24, 2.45) is 5.41 Å². The minimum Gasteiger partial charge on any atom is -0.445 e. The Labute approximate surface area is 101 Å². The maximum atomic E-state index is 11.4. The third-order valence-corrected chi connectivity index (χ3v) is 2.94. The first kappa shape index (κ1) is 11.5. The maximum absolute atomic E-state index is 11.4. The smallest absolute Gasteiger partial charge is 0.407 e. The van der Waals surface area contributed by atoms with Crippen LogP contribution in [-0.2, 0) is 11.3 Å². The summed E-state index contributed by atoms with van der Waals surface area (Å²) in [6, 6.07) is 9.57. The van der Waals surface area contributed by atoms with Gasteiger partial charge in [-0.2, -0.15) is 0 Å². The monoisotopic (exact) mass is 229 g/mol. The molecule has 0 radical (unpaired) electrons. The number of amides is 1. The second-order valence-corrected chi connectivity index (χ2v) is 4.34. The van der Waals surface area contributed by atoms with Crippen LogP contribution in [0.4, 0.5) is 4.79 Å². The molecule has 1 aromatic carbocycles. The van der Waals surface area contributed by atoms with Crippen molar-refractivity contribution in [1.82, 2.24) is 5.32 Å². The number of carbonyl (C=O) groups is 1. The normalized spacial score (nSPS) is 15.7. The Kier molecular flexibility index (Phi) is 3.34. The minimum atomic E-state index is -0.407. The van der Waals surface area contributed by atoms with E-state index in [1.807, 2.05) is 30.3 Å². The second kappa shape index (κ2) is 4.92. The van der Waals surface area contributed by atoms with Crippen molar-refractivity contribution >= 4 is 6.09 Å². The molecule has 1 aromatic rings.